The lowest BCUT2D eigenvalue weighted by Crippen LogP contribution is -2.58. The Morgan fingerprint density at radius 3 is 2.49 bits per heavy atom. The summed E-state index contributed by atoms with van der Waals surface area (Å²) in [5.74, 6) is -0.979. The Morgan fingerprint density at radius 2 is 1.83 bits per heavy atom. The van der Waals surface area contributed by atoms with Crippen molar-refractivity contribution in [1.82, 2.24) is 15.2 Å². The second-order valence-electron chi connectivity index (χ2n) is 15.4. The molecular weight excluding hydrogens is 790 g/mol. The van der Waals surface area contributed by atoms with Crippen molar-refractivity contribution < 1.29 is 42.2 Å². The molecule has 3 fully saturated rings. The molecule has 0 unspecified atom stereocenters. The summed E-state index contributed by atoms with van der Waals surface area (Å²) in [5.41, 5.74) is -3.13. The van der Waals surface area contributed by atoms with Crippen LogP contribution >= 0.6 is 12.2 Å². The van der Waals surface area contributed by atoms with E-state index in [1.165, 1.54) is 6.07 Å². The van der Waals surface area contributed by atoms with Crippen molar-refractivity contribution >= 4 is 63.7 Å². The van der Waals surface area contributed by atoms with Crippen LogP contribution in [-0.2, 0) is 31.8 Å². The number of anilines is 4. The average molecular weight is 835 g/mol. The summed E-state index contributed by atoms with van der Waals surface area (Å²) in [4.78, 5) is 59.0. The van der Waals surface area contributed by atoms with Crippen LogP contribution in [0.2, 0.25) is 0 Å². The molecule has 2 atom stereocenters. The van der Waals surface area contributed by atoms with Gasteiger partial charge in [-0.3, -0.25) is 34.3 Å². The Kier molecular flexibility index (Phi) is 12.3. The number of pyridine rings is 1. The van der Waals surface area contributed by atoms with E-state index in [1.54, 1.807) is 55.1 Å². The molecular formula is C41H45F3N8O6S. The van der Waals surface area contributed by atoms with Crippen molar-refractivity contribution in [1.29, 1.82) is 5.26 Å². The highest BCUT2D eigenvalue weighted by molar-refractivity contribution is 7.81. The Bertz CT molecular complexity index is 2210. The monoisotopic (exact) mass is 834 g/mol. The fourth-order valence-corrected chi connectivity index (χ4v) is 8.09. The summed E-state index contributed by atoms with van der Waals surface area (Å²) in [7, 11) is 0. The van der Waals surface area contributed by atoms with Crippen molar-refractivity contribution in [2.45, 2.75) is 89.7 Å². The number of hydrogen-bond acceptors (Lipinski definition) is 11. The summed E-state index contributed by atoms with van der Waals surface area (Å²) < 4.78 is 47.5. The number of piperidine rings is 2. The first-order valence-corrected chi connectivity index (χ1v) is 19.7. The molecule has 0 aliphatic carbocycles. The van der Waals surface area contributed by atoms with E-state index in [0.717, 1.165) is 35.9 Å². The molecule has 3 aromatic rings. The summed E-state index contributed by atoms with van der Waals surface area (Å²) >= 11 is 5.68. The van der Waals surface area contributed by atoms with Crippen LogP contribution in [0, 0.1) is 17.2 Å². The standard InChI is InChI=1S/C41H45F3N8O6S/c1-5-26-19-29(52-38(59)51(37(56)39(52,3)4)30-21-31(41(42,43)44)32(22-45)46-23-30)9-10-33(26)58-18-14-25-12-16-50(17-13-25)24(2)35(54)47-27-7-6-8-28(20-27)49-40(57)15-11-34(53)48-36(40)55/h6-10,19-21,23-25,49,57H,5,11-18H2,1-4H3,(H,47,54)(H,48,53,55)/t24-,40+/m1/s1. The fraction of sp³-hybridized carbons (Fsp3) is 0.439. The van der Waals surface area contributed by atoms with Crippen molar-refractivity contribution in [2.75, 3.05) is 40.1 Å². The highest BCUT2D eigenvalue weighted by Crippen LogP contribution is 2.40. The van der Waals surface area contributed by atoms with E-state index >= 15 is 0 Å². The quantitative estimate of drug-likeness (QED) is 0.103. The molecule has 2 aromatic carbocycles. The zero-order chi connectivity index (χ0) is 42.9. The molecule has 18 heteroatoms. The van der Waals surface area contributed by atoms with Gasteiger partial charge in [0.05, 0.1) is 30.1 Å². The second kappa shape index (κ2) is 16.9. The SMILES string of the molecule is CCc1cc(N2C(=S)N(c3cnc(C#N)c(C(F)(F)F)c3)C(=O)C2(C)C)ccc1OCCC1CCN([C@H](C)C(=O)Nc2cccc(N[C@]3(O)CCC(=O)NC3=O)c2)CC1. The maximum absolute atomic E-state index is 13.7. The van der Waals surface area contributed by atoms with Crippen LogP contribution in [0.15, 0.2) is 54.7 Å². The van der Waals surface area contributed by atoms with Gasteiger partial charge in [-0.1, -0.05) is 13.0 Å². The number of nitrogens with zero attached hydrogens (tertiary/aromatic N) is 5. The van der Waals surface area contributed by atoms with Crippen molar-refractivity contribution in [3.63, 3.8) is 0 Å². The topological polar surface area (TPSA) is 180 Å². The van der Waals surface area contributed by atoms with Gasteiger partial charge in [0.1, 0.15) is 17.4 Å². The number of ether oxygens (including phenoxy) is 1. The minimum Gasteiger partial charge on any atom is -0.493 e. The Hall–Kier alpha value is -5.64. The van der Waals surface area contributed by atoms with Crippen LogP contribution in [0.5, 0.6) is 5.75 Å². The molecule has 312 valence electrons. The van der Waals surface area contributed by atoms with E-state index in [0.29, 0.717) is 60.9 Å². The van der Waals surface area contributed by atoms with Crippen LogP contribution in [0.25, 0.3) is 0 Å². The van der Waals surface area contributed by atoms with E-state index < -0.39 is 52.5 Å². The van der Waals surface area contributed by atoms with Gasteiger partial charge in [0.25, 0.3) is 11.8 Å². The number of nitriles is 1. The highest BCUT2D eigenvalue weighted by Gasteiger charge is 2.51. The third-order valence-corrected chi connectivity index (χ3v) is 11.4. The summed E-state index contributed by atoms with van der Waals surface area (Å²) in [6, 6.07) is 13.8. The van der Waals surface area contributed by atoms with Crippen molar-refractivity contribution in [3.8, 4) is 11.8 Å². The van der Waals surface area contributed by atoms with Gasteiger partial charge in [-0.05, 0) is 126 Å². The van der Waals surface area contributed by atoms with E-state index in [1.807, 2.05) is 19.9 Å². The molecule has 6 rings (SSSR count). The lowest BCUT2D eigenvalue weighted by atomic mass is 9.93. The van der Waals surface area contributed by atoms with E-state index in [2.05, 4.69) is 25.8 Å². The number of hydrogen-bond donors (Lipinski definition) is 4. The first kappa shape index (κ1) is 43.0. The van der Waals surface area contributed by atoms with E-state index in [4.69, 9.17) is 17.0 Å². The van der Waals surface area contributed by atoms with Crippen LogP contribution in [0.1, 0.15) is 76.6 Å². The molecule has 3 aliphatic heterocycles. The molecule has 3 saturated heterocycles. The number of thiocarbonyl (C=S) groups is 1. The third kappa shape index (κ3) is 9.02. The number of likely N-dealkylation sites (tertiary alicyclic amines) is 1. The first-order chi connectivity index (χ1) is 27.9. The maximum atomic E-state index is 13.7. The Morgan fingerprint density at radius 1 is 1.12 bits per heavy atom. The second-order valence-corrected chi connectivity index (χ2v) is 15.8. The van der Waals surface area contributed by atoms with Gasteiger partial charge in [-0.2, -0.15) is 18.4 Å². The Balaban J connectivity index is 1.01. The van der Waals surface area contributed by atoms with Gasteiger partial charge >= 0.3 is 6.18 Å². The molecule has 4 amide bonds. The van der Waals surface area contributed by atoms with Crippen LogP contribution in [-0.4, -0.2) is 80.7 Å². The lowest BCUT2D eigenvalue weighted by molar-refractivity contribution is -0.147. The van der Waals surface area contributed by atoms with Gasteiger partial charge in [0, 0.05) is 29.9 Å². The molecule has 14 nitrogen and oxygen atoms in total. The number of amides is 4. The number of imide groups is 1. The molecule has 59 heavy (non-hydrogen) atoms. The lowest BCUT2D eigenvalue weighted by Gasteiger charge is -2.35. The summed E-state index contributed by atoms with van der Waals surface area (Å²) in [6.07, 6.45) is -0.786. The number of halogens is 3. The number of aromatic nitrogens is 1. The summed E-state index contributed by atoms with van der Waals surface area (Å²) in [6.45, 7) is 8.97. The molecule has 1 aromatic heterocycles. The predicted molar refractivity (Wildman–Crippen MR) is 216 cm³/mol. The van der Waals surface area contributed by atoms with Crippen LogP contribution < -0.4 is 30.5 Å². The molecule has 4 N–H and O–H groups in total. The number of carbonyl (C=O) groups is 4. The zero-order valence-electron chi connectivity index (χ0n) is 33.0. The van der Waals surface area contributed by atoms with Gasteiger partial charge < -0.3 is 25.4 Å². The summed E-state index contributed by atoms with van der Waals surface area (Å²) in [5, 5.41) is 27.7. The average Bonchev–Trinajstić information content (AvgIpc) is 3.37. The van der Waals surface area contributed by atoms with Gasteiger partial charge in [-0.25, -0.2) is 4.98 Å². The molecule has 0 spiro atoms. The number of rotatable bonds is 12. The van der Waals surface area contributed by atoms with Gasteiger partial charge in [0.2, 0.25) is 17.5 Å². The third-order valence-electron chi connectivity index (χ3n) is 11.1. The van der Waals surface area contributed by atoms with Crippen LogP contribution in [0.3, 0.4) is 0 Å². The number of benzene rings is 2. The van der Waals surface area contributed by atoms with Crippen LogP contribution in [0.4, 0.5) is 35.9 Å². The molecule has 0 bridgehead atoms. The van der Waals surface area contributed by atoms with Gasteiger partial charge in [0.15, 0.2) is 10.8 Å². The number of aryl methyl sites for hydroxylation is 1. The number of aliphatic hydroxyl groups is 1. The molecule has 0 saturated carbocycles. The molecule has 0 radical (unpaired) electrons. The minimum atomic E-state index is -4.86. The number of nitrogens with one attached hydrogen (secondary N) is 3. The first-order valence-electron chi connectivity index (χ1n) is 19.3. The normalized spacial score (nSPS) is 20.6. The van der Waals surface area contributed by atoms with Crippen molar-refractivity contribution in [2.24, 2.45) is 5.92 Å². The minimum absolute atomic E-state index is 0.00750. The molecule has 3 aliphatic rings. The van der Waals surface area contributed by atoms with E-state index in [-0.39, 0.29) is 29.5 Å². The molecule has 4 heterocycles. The Labute approximate surface area is 344 Å². The smallest absolute Gasteiger partial charge is 0.419 e. The fourth-order valence-electron chi connectivity index (χ4n) is 7.57. The van der Waals surface area contributed by atoms with E-state index in [9.17, 15) is 42.7 Å². The number of carbonyl (C=O) groups excluding carboxylic acids is 4. The zero-order valence-corrected chi connectivity index (χ0v) is 33.8. The highest BCUT2D eigenvalue weighted by atomic mass is 32.1. The maximum Gasteiger partial charge on any atom is 0.419 e. The van der Waals surface area contributed by atoms with Gasteiger partial charge in [-0.15, -0.1) is 0 Å². The largest absolute Gasteiger partial charge is 0.493 e. The predicted octanol–water partition coefficient (Wildman–Crippen LogP) is 5.50. The van der Waals surface area contributed by atoms with Crippen molar-refractivity contribution in [3.05, 3.63) is 71.5 Å². The number of alkyl halides is 3.